The number of aliphatic imine (C=N–C) groups is 1. The van der Waals surface area contributed by atoms with Crippen molar-refractivity contribution in [1.82, 2.24) is 4.90 Å². The summed E-state index contributed by atoms with van der Waals surface area (Å²) >= 11 is 0. The summed E-state index contributed by atoms with van der Waals surface area (Å²) in [6.07, 6.45) is 2.38. The van der Waals surface area contributed by atoms with Crippen LogP contribution < -0.4 is 0 Å². The quantitative estimate of drug-likeness (QED) is 0.593. The van der Waals surface area contributed by atoms with Crippen LogP contribution in [-0.4, -0.2) is 42.1 Å². The van der Waals surface area contributed by atoms with Gasteiger partial charge in [-0.2, -0.15) is 0 Å². The van der Waals surface area contributed by atoms with Crippen molar-refractivity contribution in [2.45, 2.75) is 25.5 Å². The van der Waals surface area contributed by atoms with Gasteiger partial charge in [0.1, 0.15) is 0 Å². The molecule has 1 N–H and O–H groups in total. The number of rotatable bonds is 2. The van der Waals surface area contributed by atoms with Crippen molar-refractivity contribution in [3.8, 4) is 0 Å². The minimum absolute atomic E-state index is 0.228. The molecule has 58 valence electrons. The third-order valence-corrected chi connectivity index (χ3v) is 1.59. The maximum atomic E-state index is 9.01. The first-order valence-electron chi connectivity index (χ1n) is 3.60. The van der Waals surface area contributed by atoms with Crippen LogP contribution in [0, 0.1) is 0 Å². The fourth-order valence-corrected chi connectivity index (χ4v) is 1.16. The maximum Gasteiger partial charge on any atom is 0.0852 e. The molecule has 0 saturated carbocycles. The molecule has 3 heteroatoms. The summed E-state index contributed by atoms with van der Waals surface area (Å²) in [5, 5.41) is 9.01. The number of aliphatic hydroxyl groups is 1. The third-order valence-electron chi connectivity index (χ3n) is 1.59. The molecule has 1 aliphatic heterocycles. The zero-order valence-corrected chi connectivity index (χ0v) is 6.49. The first-order valence-corrected chi connectivity index (χ1v) is 3.60. The molecule has 10 heavy (non-hydrogen) atoms. The van der Waals surface area contributed by atoms with E-state index in [9.17, 15) is 0 Å². The maximum absolute atomic E-state index is 9.01. The zero-order valence-electron chi connectivity index (χ0n) is 6.49. The van der Waals surface area contributed by atoms with E-state index < -0.39 is 0 Å². The van der Waals surface area contributed by atoms with Crippen molar-refractivity contribution in [3.05, 3.63) is 0 Å². The molecule has 0 bridgehead atoms. The van der Waals surface area contributed by atoms with Crippen molar-refractivity contribution >= 4 is 6.34 Å². The van der Waals surface area contributed by atoms with Crippen molar-refractivity contribution in [3.63, 3.8) is 0 Å². The number of hydrogen-bond acceptors (Lipinski definition) is 3. The van der Waals surface area contributed by atoms with Gasteiger partial charge in [-0.1, -0.05) is 0 Å². The van der Waals surface area contributed by atoms with E-state index in [1.54, 1.807) is 6.92 Å². The Morgan fingerprint density at radius 2 is 2.60 bits per heavy atom. The van der Waals surface area contributed by atoms with Gasteiger partial charge < -0.3 is 10.0 Å². The molecule has 0 radical (unpaired) electrons. The van der Waals surface area contributed by atoms with E-state index in [-0.39, 0.29) is 6.10 Å². The Hall–Kier alpha value is -0.570. The zero-order chi connectivity index (χ0) is 7.56. The second kappa shape index (κ2) is 3.01. The third kappa shape index (κ3) is 1.99. The summed E-state index contributed by atoms with van der Waals surface area (Å²) in [5.41, 5.74) is 0. The molecule has 2 unspecified atom stereocenters. The lowest BCUT2D eigenvalue weighted by Gasteiger charge is -2.11. The van der Waals surface area contributed by atoms with Crippen LogP contribution in [0.3, 0.4) is 0 Å². The first kappa shape index (κ1) is 7.54. The predicted octanol–water partition coefficient (Wildman–Crippen LogP) is 0.0996. The Kier molecular flexibility index (Phi) is 2.27. The lowest BCUT2D eigenvalue weighted by Crippen LogP contribution is -2.21. The monoisotopic (exact) mass is 142 g/mol. The average molecular weight is 142 g/mol. The van der Waals surface area contributed by atoms with Gasteiger partial charge in [-0.05, 0) is 13.3 Å². The Balaban J connectivity index is 2.26. The highest BCUT2D eigenvalue weighted by molar-refractivity contribution is 5.57. The van der Waals surface area contributed by atoms with Crippen LogP contribution in [0.5, 0.6) is 0 Å². The highest BCUT2D eigenvalue weighted by Crippen LogP contribution is 2.07. The van der Waals surface area contributed by atoms with Crippen molar-refractivity contribution in [1.29, 1.82) is 0 Å². The van der Waals surface area contributed by atoms with Crippen LogP contribution in [0.15, 0.2) is 4.99 Å². The predicted molar refractivity (Wildman–Crippen MR) is 41.2 cm³/mol. The Labute approximate surface area is 61.4 Å². The van der Waals surface area contributed by atoms with Crippen LogP contribution in [0.2, 0.25) is 0 Å². The summed E-state index contributed by atoms with van der Waals surface area (Å²) in [6, 6.07) is 0.310. The van der Waals surface area contributed by atoms with Crippen molar-refractivity contribution in [2.24, 2.45) is 4.99 Å². The molecule has 3 nitrogen and oxygen atoms in total. The van der Waals surface area contributed by atoms with Gasteiger partial charge in [0, 0.05) is 13.6 Å². The molecule has 1 heterocycles. The summed E-state index contributed by atoms with van der Waals surface area (Å²) in [6.45, 7) is 2.75. The van der Waals surface area contributed by atoms with Crippen molar-refractivity contribution < 1.29 is 5.11 Å². The molecule has 0 aromatic heterocycles. The largest absolute Gasteiger partial charge is 0.393 e. The normalized spacial score (nSPS) is 27.5. The Morgan fingerprint density at radius 3 is 3.00 bits per heavy atom. The van der Waals surface area contributed by atoms with Gasteiger partial charge in [0.15, 0.2) is 0 Å². The van der Waals surface area contributed by atoms with E-state index >= 15 is 0 Å². The van der Waals surface area contributed by atoms with Crippen LogP contribution in [0.1, 0.15) is 13.3 Å². The smallest absolute Gasteiger partial charge is 0.0852 e. The highest BCUT2D eigenvalue weighted by atomic mass is 16.3. The molecule has 1 aliphatic rings. The van der Waals surface area contributed by atoms with E-state index in [0.717, 1.165) is 13.0 Å². The van der Waals surface area contributed by atoms with E-state index in [1.165, 1.54) is 0 Å². The second-order valence-electron chi connectivity index (χ2n) is 2.94. The Morgan fingerprint density at radius 1 is 1.90 bits per heavy atom. The van der Waals surface area contributed by atoms with E-state index in [0.29, 0.717) is 6.04 Å². The van der Waals surface area contributed by atoms with Crippen LogP contribution in [0.4, 0.5) is 0 Å². The number of likely N-dealkylation sites (N-methyl/N-ethyl adjacent to an activating group) is 1. The molecule has 0 saturated heterocycles. The first-order chi connectivity index (χ1) is 4.68. The highest BCUT2D eigenvalue weighted by Gasteiger charge is 2.15. The van der Waals surface area contributed by atoms with E-state index in [2.05, 4.69) is 4.99 Å². The Bertz CT molecular complexity index is 134. The molecule has 0 aromatic carbocycles. The van der Waals surface area contributed by atoms with Crippen LogP contribution in [-0.2, 0) is 0 Å². The summed E-state index contributed by atoms with van der Waals surface area (Å²) in [5.74, 6) is 0. The number of nitrogens with zero attached hydrogens (tertiary/aromatic N) is 2. The molecular formula is C7H14N2O. The molecule has 0 aromatic rings. The second-order valence-corrected chi connectivity index (χ2v) is 2.94. The van der Waals surface area contributed by atoms with Gasteiger partial charge >= 0.3 is 0 Å². The van der Waals surface area contributed by atoms with E-state index in [1.807, 2.05) is 18.3 Å². The molecule has 0 amide bonds. The van der Waals surface area contributed by atoms with Crippen LogP contribution >= 0.6 is 0 Å². The SMILES string of the molecule is CC(O)CC1CN(C)C=N1. The number of aliphatic hydroxyl groups excluding tert-OH is 1. The van der Waals surface area contributed by atoms with Gasteiger partial charge in [0.25, 0.3) is 0 Å². The van der Waals surface area contributed by atoms with Gasteiger partial charge in [0.05, 0.1) is 18.5 Å². The fraction of sp³-hybridized carbons (Fsp3) is 0.857. The molecule has 0 spiro atoms. The molecular weight excluding hydrogens is 128 g/mol. The fourth-order valence-electron chi connectivity index (χ4n) is 1.16. The van der Waals surface area contributed by atoms with Gasteiger partial charge in [-0.25, -0.2) is 0 Å². The minimum Gasteiger partial charge on any atom is -0.393 e. The minimum atomic E-state index is -0.228. The molecule has 1 rings (SSSR count). The number of hydrogen-bond donors (Lipinski definition) is 1. The summed E-state index contributed by atoms with van der Waals surface area (Å²) in [4.78, 5) is 6.23. The van der Waals surface area contributed by atoms with Crippen molar-refractivity contribution in [2.75, 3.05) is 13.6 Å². The molecule has 2 atom stereocenters. The average Bonchev–Trinajstić information content (AvgIpc) is 2.13. The van der Waals surface area contributed by atoms with Gasteiger partial charge in [0.2, 0.25) is 0 Å². The topological polar surface area (TPSA) is 35.8 Å². The lowest BCUT2D eigenvalue weighted by molar-refractivity contribution is 0.174. The lowest BCUT2D eigenvalue weighted by atomic mass is 10.1. The molecule has 0 aliphatic carbocycles. The van der Waals surface area contributed by atoms with Gasteiger partial charge in [-0.15, -0.1) is 0 Å². The van der Waals surface area contributed by atoms with E-state index in [4.69, 9.17) is 5.11 Å². The summed E-state index contributed by atoms with van der Waals surface area (Å²) < 4.78 is 0. The summed E-state index contributed by atoms with van der Waals surface area (Å²) in [7, 11) is 1.99. The molecule has 0 fully saturated rings. The standard InChI is InChI=1S/C7H14N2O/c1-6(10)3-7-4-9(2)5-8-7/h5-7,10H,3-4H2,1-2H3. The van der Waals surface area contributed by atoms with Crippen LogP contribution in [0.25, 0.3) is 0 Å². The van der Waals surface area contributed by atoms with Gasteiger partial charge in [-0.3, -0.25) is 4.99 Å².